The first-order valence-corrected chi connectivity index (χ1v) is 7.96. The Morgan fingerprint density at radius 1 is 1.23 bits per heavy atom. The van der Waals surface area contributed by atoms with Gasteiger partial charge in [0.2, 0.25) is 5.91 Å². The minimum absolute atomic E-state index is 0.119. The highest BCUT2D eigenvalue weighted by molar-refractivity contribution is 7.99. The minimum atomic E-state index is -0.316. The number of nitrogens with one attached hydrogen (secondary N) is 2. The Labute approximate surface area is 141 Å². The molecule has 0 aliphatic heterocycles. The number of hydrogen-bond acceptors (Lipinski definition) is 6. The van der Waals surface area contributed by atoms with Crippen LogP contribution in [-0.2, 0) is 11.3 Å². The van der Waals surface area contributed by atoms with Crippen LogP contribution in [0.3, 0.4) is 0 Å². The van der Waals surface area contributed by atoms with Crippen LogP contribution in [0.25, 0.3) is 0 Å². The van der Waals surface area contributed by atoms with Gasteiger partial charge in [-0.25, -0.2) is 15.8 Å². The van der Waals surface area contributed by atoms with E-state index in [1.54, 1.807) is 6.07 Å². The molecule has 0 aliphatic carbocycles. The number of carbonyl (C=O) groups excluding carboxylic acids is 1. The monoisotopic (exact) mass is 357 g/mol. The van der Waals surface area contributed by atoms with Crippen molar-refractivity contribution in [3.63, 3.8) is 0 Å². The summed E-state index contributed by atoms with van der Waals surface area (Å²) in [4.78, 5) is 19.4. The first-order chi connectivity index (χ1) is 10.6. The van der Waals surface area contributed by atoms with Crippen LogP contribution in [0.2, 0.25) is 10.2 Å². The third kappa shape index (κ3) is 5.34. The van der Waals surface area contributed by atoms with Gasteiger partial charge in [0.1, 0.15) is 11.0 Å². The summed E-state index contributed by atoms with van der Waals surface area (Å²) in [5.74, 6) is 5.39. The van der Waals surface area contributed by atoms with Crippen LogP contribution >= 0.6 is 35.0 Å². The zero-order valence-electron chi connectivity index (χ0n) is 11.3. The summed E-state index contributed by atoms with van der Waals surface area (Å²) in [5.41, 5.74) is 3.09. The third-order valence-corrected chi connectivity index (χ3v) is 3.85. The van der Waals surface area contributed by atoms with Crippen LogP contribution < -0.4 is 16.6 Å². The zero-order valence-corrected chi connectivity index (χ0v) is 13.7. The molecule has 1 aromatic carbocycles. The molecule has 0 unspecified atom stereocenters. The number of amides is 1. The van der Waals surface area contributed by atoms with Gasteiger partial charge in [-0.1, -0.05) is 47.1 Å². The van der Waals surface area contributed by atoms with Gasteiger partial charge >= 0.3 is 0 Å². The van der Waals surface area contributed by atoms with Crippen LogP contribution in [-0.4, -0.2) is 21.6 Å². The summed E-state index contributed by atoms with van der Waals surface area (Å²) in [6.45, 7) is 0.567. The number of nitrogens with zero attached hydrogens (tertiary/aromatic N) is 2. The maximum atomic E-state index is 11.1. The van der Waals surface area contributed by atoms with E-state index in [4.69, 9.17) is 29.0 Å². The number of nitrogens with two attached hydrogens (primary N) is 1. The van der Waals surface area contributed by atoms with E-state index in [-0.39, 0.29) is 11.7 Å². The molecule has 0 radical (unpaired) electrons. The van der Waals surface area contributed by atoms with E-state index in [0.717, 1.165) is 17.3 Å². The average molecular weight is 358 g/mol. The van der Waals surface area contributed by atoms with Gasteiger partial charge in [-0.05, 0) is 17.7 Å². The van der Waals surface area contributed by atoms with Crippen LogP contribution in [0.4, 0.5) is 5.82 Å². The molecule has 0 bridgehead atoms. The van der Waals surface area contributed by atoms with E-state index in [2.05, 4.69) is 15.3 Å². The van der Waals surface area contributed by atoms with Crippen molar-refractivity contribution in [1.29, 1.82) is 0 Å². The van der Waals surface area contributed by atoms with E-state index >= 15 is 0 Å². The van der Waals surface area contributed by atoms with Crippen molar-refractivity contribution < 1.29 is 4.79 Å². The number of anilines is 1. The van der Waals surface area contributed by atoms with E-state index in [1.807, 2.05) is 29.7 Å². The fraction of sp³-hybridized carbons (Fsp3) is 0.154. The van der Waals surface area contributed by atoms with Crippen molar-refractivity contribution in [3.8, 4) is 0 Å². The molecule has 2 aromatic rings. The van der Waals surface area contributed by atoms with Gasteiger partial charge in [0.05, 0.1) is 5.75 Å². The Hall–Kier alpha value is -1.54. The molecule has 9 heteroatoms. The quantitative estimate of drug-likeness (QED) is 0.183. The van der Waals surface area contributed by atoms with E-state index in [1.165, 1.54) is 0 Å². The molecule has 0 saturated heterocycles. The molecule has 2 rings (SSSR count). The Kier molecular flexibility index (Phi) is 6.26. The Balaban J connectivity index is 1.99. The van der Waals surface area contributed by atoms with Gasteiger partial charge in [-0.15, -0.1) is 0 Å². The lowest BCUT2D eigenvalue weighted by molar-refractivity contribution is -0.118. The average Bonchev–Trinajstić information content (AvgIpc) is 2.51. The zero-order chi connectivity index (χ0) is 15.9. The molecule has 0 aliphatic rings. The molecule has 116 valence electrons. The Morgan fingerprint density at radius 3 is 2.64 bits per heavy atom. The predicted molar refractivity (Wildman–Crippen MR) is 88.9 cm³/mol. The number of aromatic nitrogens is 2. The first-order valence-electron chi connectivity index (χ1n) is 6.22. The van der Waals surface area contributed by atoms with Crippen LogP contribution in [0, 0.1) is 0 Å². The Morgan fingerprint density at radius 2 is 1.95 bits per heavy atom. The summed E-state index contributed by atoms with van der Waals surface area (Å²) >= 11 is 12.9. The van der Waals surface area contributed by atoms with E-state index < -0.39 is 0 Å². The minimum Gasteiger partial charge on any atom is -0.366 e. The van der Waals surface area contributed by atoms with Gasteiger partial charge in [0, 0.05) is 17.6 Å². The third-order valence-electron chi connectivity index (χ3n) is 2.55. The summed E-state index contributed by atoms with van der Waals surface area (Å²) in [6, 6.07) is 9.08. The number of hydrazine groups is 1. The lowest BCUT2D eigenvalue weighted by atomic mass is 10.2. The summed E-state index contributed by atoms with van der Waals surface area (Å²) in [6.07, 6.45) is 0. The van der Waals surface area contributed by atoms with Crippen LogP contribution in [0.5, 0.6) is 0 Å². The molecule has 1 aromatic heterocycles. The SMILES string of the molecule is NNC(=O)CSc1nc(Cl)cc(NCc2ccc(Cl)cc2)n1. The van der Waals surface area contributed by atoms with Gasteiger partial charge in [-0.3, -0.25) is 10.2 Å². The van der Waals surface area contributed by atoms with Crippen molar-refractivity contribution >= 4 is 46.7 Å². The molecule has 0 fully saturated rings. The number of thioether (sulfide) groups is 1. The molecule has 22 heavy (non-hydrogen) atoms. The second-order valence-electron chi connectivity index (χ2n) is 4.19. The highest BCUT2D eigenvalue weighted by Crippen LogP contribution is 2.20. The largest absolute Gasteiger partial charge is 0.366 e. The van der Waals surface area contributed by atoms with Crippen molar-refractivity contribution in [2.45, 2.75) is 11.7 Å². The van der Waals surface area contributed by atoms with Crippen LogP contribution in [0.15, 0.2) is 35.5 Å². The van der Waals surface area contributed by atoms with Crippen molar-refractivity contribution in [3.05, 3.63) is 46.1 Å². The highest BCUT2D eigenvalue weighted by atomic mass is 35.5. The molecule has 4 N–H and O–H groups in total. The van der Waals surface area contributed by atoms with Crippen molar-refractivity contribution in [1.82, 2.24) is 15.4 Å². The van der Waals surface area contributed by atoms with Crippen molar-refractivity contribution in [2.24, 2.45) is 5.84 Å². The lowest BCUT2D eigenvalue weighted by Crippen LogP contribution is -2.31. The number of carbonyl (C=O) groups is 1. The lowest BCUT2D eigenvalue weighted by Gasteiger charge is -2.08. The maximum Gasteiger partial charge on any atom is 0.244 e. The molecule has 1 heterocycles. The fourth-order valence-corrected chi connectivity index (χ4v) is 2.55. The predicted octanol–water partition coefficient (Wildman–Crippen LogP) is 2.48. The fourth-order valence-electron chi connectivity index (χ4n) is 1.52. The Bertz CT molecular complexity index is 653. The normalized spacial score (nSPS) is 10.3. The number of rotatable bonds is 6. The van der Waals surface area contributed by atoms with Crippen LogP contribution in [0.1, 0.15) is 5.56 Å². The molecular formula is C13H13Cl2N5OS. The number of benzene rings is 1. The standard InChI is InChI=1S/C13H13Cl2N5OS/c14-9-3-1-8(2-4-9)6-17-11-5-10(15)18-13(19-11)22-7-12(21)20-16/h1-5H,6-7,16H2,(H,20,21)(H,17,18,19). The topological polar surface area (TPSA) is 92.9 Å². The van der Waals surface area contributed by atoms with Gasteiger partial charge in [0.25, 0.3) is 0 Å². The van der Waals surface area contributed by atoms with E-state index in [9.17, 15) is 4.79 Å². The maximum absolute atomic E-state index is 11.1. The van der Waals surface area contributed by atoms with Crippen molar-refractivity contribution in [2.75, 3.05) is 11.1 Å². The smallest absolute Gasteiger partial charge is 0.244 e. The molecular weight excluding hydrogens is 345 g/mol. The molecule has 1 amide bonds. The second-order valence-corrected chi connectivity index (χ2v) is 5.96. The number of hydrogen-bond donors (Lipinski definition) is 3. The molecule has 0 atom stereocenters. The first kappa shape index (κ1) is 16.8. The summed E-state index contributed by atoms with van der Waals surface area (Å²) < 4.78 is 0. The van der Waals surface area contributed by atoms with Gasteiger partial charge < -0.3 is 5.32 Å². The van der Waals surface area contributed by atoms with Gasteiger partial charge in [0.15, 0.2) is 5.16 Å². The highest BCUT2D eigenvalue weighted by Gasteiger charge is 2.07. The van der Waals surface area contributed by atoms with E-state index in [0.29, 0.717) is 27.7 Å². The molecule has 6 nitrogen and oxygen atoms in total. The number of halogens is 2. The summed E-state index contributed by atoms with van der Waals surface area (Å²) in [7, 11) is 0. The molecule has 0 spiro atoms. The summed E-state index contributed by atoms with van der Waals surface area (Å²) in [5, 5.41) is 4.53. The molecule has 0 saturated carbocycles. The second kappa shape index (κ2) is 8.19. The van der Waals surface area contributed by atoms with Gasteiger partial charge in [-0.2, -0.15) is 0 Å².